The summed E-state index contributed by atoms with van der Waals surface area (Å²) in [4.78, 5) is 15.9. The number of fused-ring (bicyclic) bond motifs is 1. The van der Waals surface area contributed by atoms with E-state index in [9.17, 15) is 4.79 Å². The number of hydrogen-bond acceptors (Lipinski definition) is 3. The molecule has 116 valence electrons. The van der Waals surface area contributed by atoms with Crippen molar-refractivity contribution in [3.8, 4) is 0 Å². The second kappa shape index (κ2) is 6.79. The van der Waals surface area contributed by atoms with E-state index in [1.165, 1.54) is 26.6 Å². The van der Waals surface area contributed by atoms with Crippen LogP contribution in [0.3, 0.4) is 0 Å². The van der Waals surface area contributed by atoms with Gasteiger partial charge in [-0.15, -0.1) is 0 Å². The van der Waals surface area contributed by atoms with Crippen molar-refractivity contribution in [2.45, 2.75) is 46.1 Å². The monoisotopic (exact) mass is 282 g/mol. The topological polar surface area (TPSA) is 32.8 Å². The number of amides is 1. The molecule has 0 bridgehead atoms. The Kier molecular flexibility index (Phi) is 5.30. The minimum Gasteiger partial charge on any atom is -0.453 e. The lowest BCUT2D eigenvalue weighted by Crippen LogP contribution is -2.46. The number of carbonyl (C=O) groups excluding carboxylic acids is 1. The van der Waals surface area contributed by atoms with Crippen LogP contribution in [0.25, 0.3) is 0 Å². The van der Waals surface area contributed by atoms with Crippen molar-refractivity contribution in [1.82, 2.24) is 9.80 Å². The molecule has 0 aromatic rings. The molecule has 3 rings (SSSR count). The predicted octanol–water partition coefficient (Wildman–Crippen LogP) is 2.83. The minimum absolute atomic E-state index is 0.165. The molecule has 4 nitrogen and oxygen atoms in total. The summed E-state index contributed by atoms with van der Waals surface area (Å²) in [6.07, 6.45) is 3.31. The molecule has 0 radical (unpaired) electrons. The number of nitrogens with zero attached hydrogens (tertiary/aromatic N) is 2. The highest BCUT2D eigenvalue weighted by atomic mass is 16.5. The fraction of sp³-hybridized carbons (Fsp3) is 0.938. The summed E-state index contributed by atoms with van der Waals surface area (Å²) in [6, 6.07) is 0.705. The molecule has 0 N–H and O–H groups in total. The van der Waals surface area contributed by atoms with Crippen LogP contribution in [0.15, 0.2) is 0 Å². The van der Waals surface area contributed by atoms with Crippen LogP contribution in [0.1, 0.15) is 40.0 Å². The first-order valence-corrected chi connectivity index (χ1v) is 8.19. The van der Waals surface area contributed by atoms with E-state index >= 15 is 0 Å². The zero-order valence-corrected chi connectivity index (χ0v) is 13.5. The quantitative estimate of drug-likeness (QED) is 0.741. The van der Waals surface area contributed by atoms with Gasteiger partial charge in [0.15, 0.2) is 0 Å². The van der Waals surface area contributed by atoms with Gasteiger partial charge in [-0.25, -0.2) is 4.79 Å². The molecular weight excluding hydrogens is 252 g/mol. The first kappa shape index (κ1) is 15.6. The van der Waals surface area contributed by atoms with Crippen LogP contribution < -0.4 is 0 Å². The van der Waals surface area contributed by atoms with Crippen molar-refractivity contribution in [2.75, 3.05) is 33.3 Å². The van der Waals surface area contributed by atoms with Crippen molar-refractivity contribution in [2.24, 2.45) is 17.8 Å². The fourth-order valence-electron chi connectivity index (χ4n) is 3.70. The molecule has 0 spiro atoms. The lowest BCUT2D eigenvalue weighted by Gasteiger charge is -2.36. The number of ether oxygens (including phenoxy) is 1. The molecule has 0 aromatic carbocycles. The standard InChI is InChI=1S/C13H22N2O2.C3H8/c1-9-11-7-15(8-12(9)11)10-3-5-14(6-4-10)13(16)17-2;1-3-2/h9-12H,3-8H2,1-2H3;3H2,1-2H3. The Morgan fingerprint density at radius 1 is 1.15 bits per heavy atom. The summed E-state index contributed by atoms with van der Waals surface area (Å²) >= 11 is 0. The Bertz CT molecular complexity index is 314. The number of rotatable bonds is 1. The molecule has 2 heterocycles. The summed E-state index contributed by atoms with van der Waals surface area (Å²) < 4.78 is 4.76. The normalized spacial score (nSPS) is 33.2. The Morgan fingerprint density at radius 2 is 1.65 bits per heavy atom. The first-order chi connectivity index (χ1) is 9.62. The Morgan fingerprint density at radius 3 is 2.10 bits per heavy atom. The molecule has 2 aliphatic heterocycles. The highest BCUT2D eigenvalue weighted by molar-refractivity contribution is 5.67. The molecule has 2 unspecified atom stereocenters. The van der Waals surface area contributed by atoms with Gasteiger partial charge in [0.1, 0.15) is 0 Å². The van der Waals surface area contributed by atoms with Crippen LogP contribution >= 0.6 is 0 Å². The van der Waals surface area contributed by atoms with E-state index in [0.717, 1.165) is 43.7 Å². The Labute approximate surface area is 123 Å². The van der Waals surface area contributed by atoms with Crippen LogP contribution in [-0.2, 0) is 4.74 Å². The summed E-state index contributed by atoms with van der Waals surface area (Å²) in [7, 11) is 1.46. The molecule has 0 aromatic heterocycles. The predicted molar refractivity (Wildman–Crippen MR) is 80.7 cm³/mol. The molecule has 1 saturated carbocycles. The van der Waals surface area contributed by atoms with Gasteiger partial charge in [-0.3, -0.25) is 4.90 Å². The summed E-state index contributed by atoms with van der Waals surface area (Å²) in [5.74, 6) is 2.93. The number of carbonyl (C=O) groups is 1. The van der Waals surface area contributed by atoms with Crippen LogP contribution in [0.2, 0.25) is 0 Å². The smallest absolute Gasteiger partial charge is 0.409 e. The maximum atomic E-state index is 11.4. The number of piperidine rings is 2. The van der Waals surface area contributed by atoms with E-state index < -0.39 is 0 Å². The van der Waals surface area contributed by atoms with Gasteiger partial charge in [-0.05, 0) is 30.6 Å². The highest BCUT2D eigenvalue weighted by Gasteiger charge is 2.53. The van der Waals surface area contributed by atoms with Gasteiger partial charge in [-0.1, -0.05) is 27.2 Å². The van der Waals surface area contributed by atoms with Crippen molar-refractivity contribution < 1.29 is 9.53 Å². The second-order valence-electron chi connectivity index (χ2n) is 6.54. The van der Waals surface area contributed by atoms with Crippen molar-refractivity contribution >= 4 is 6.09 Å². The lowest BCUT2D eigenvalue weighted by molar-refractivity contribution is 0.0868. The molecule has 1 aliphatic carbocycles. The lowest BCUT2D eigenvalue weighted by atomic mass is 10.0. The minimum atomic E-state index is -0.165. The van der Waals surface area contributed by atoms with Gasteiger partial charge in [0, 0.05) is 32.2 Å². The number of hydrogen-bond donors (Lipinski definition) is 0. The van der Waals surface area contributed by atoms with Crippen LogP contribution in [0.5, 0.6) is 0 Å². The Balaban J connectivity index is 0.000000452. The molecule has 2 atom stereocenters. The molecular formula is C16H30N2O2. The van der Waals surface area contributed by atoms with E-state index in [4.69, 9.17) is 4.74 Å². The van der Waals surface area contributed by atoms with Crippen LogP contribution in [-0.4, -0.2) is 55.2 Å². The van der Waals surface area contributed by atoms with Gasteiger partial charge in [0.2, 0.25) is 0 Å². The zero-order chi connectivity index (χ0) is 14.7. The highest BCUT2D eigenvalue weighted by Crippen LogP contribution is 2.52. The molecule has 1 amide bonds. The first-order valence-electron chi connectivity index (χ1n) is 8.19. The van der Waals surface area contributed by atoms with E-state index in [-0.39, 0.29) is 6.09 Å². The SMILES string of the molecule is CCC.COC(=O)N1CCC(N2CC3C(C)C3C2)CC1. The average molecular weight is 282 g/mol. The van der Waals surface area contributed by atoms with Gasteiger partial charge < -0.3 is 9.64 Å². The molecule has 4 heteroatoms. The number of methoxy groups -OCH3 is 1. The van der Waals surface area contributed by atoms with Crippen molar-refractivity contribution in [3.63, 3.8) is 0 Å². The fourth-order valence-corrected chi connectivity index (χ4v) is 3.70. The van der Waals surface area contributed by atoms with Gasteiger partial charge in [0.05, 0.1) is 7.11 Å². The van der Waals surface area contributed by atoms with Crippen LogP contribution in [0, 0.1) is 17.8 Å². The summed E-state index contributed by atoms with van der Waals surface area (Å²) in [6.45, 7) is 11.0. The average Bonchev–Trinajstić information content (AvgIpc) is 2.91. The summed E-state index contributed by atoms with van der Waals surface area (Å²) in [5, 5.41) is 0. The molecule has 2 saturated heterocycles. The van der Waals surface area contributed by atoms with E-state index in [0.29, 0.717) is 6.04 Å². The summed E-state index contributed by atoms with van der Waals surface area (Å²) in [5.41, 5.74) is 0. The third kappa shape index (κ3) is 3.27. The van der Waals surface area contributed by atoms with Crippen molar-refractivity contribution in [3.05, 3.63) is 0 Å². The van der Waals surface area contributed by atoms with E-state index in [2.05, 4.69) is 25.7 Å². The van der Waals surface area contributed by atoms with Crippen LogP contribution in [0.4, 0.5) is 4.79 Å². The third-order valence-electron chi connectivity index (χ3n) is 5.06. The van der Waals surface area contributed by atoms with E-state index in [1.54, 1.807) is 0 Å². The maximum Gasteiger partial charge on any atom is 0.409 e. The molecule has 20 heavy (non-hydrogen) atoms. The number of likely N-dealkylation sites (tertiary alicyclic amines) is 2. The van der Waals surface area contributed by atoms with Gasteiger partial charge in [-0.2, -0.15) is 0 Å². The maximum absolute atomic E-state index is 11.4. The van der Waals surface area contributed by atoms with Crippen molar-refractivity contribution in [1.29, 1.82) is 0 Å². The largest absolute Gasteiger partial charge is 0.453 e. The third-order valence-corrected chi connectivity index (χ3v) is 5.06. The second-order valence-corrected chi connectivity index (χ2v) is 6.54. The van der Waals surface area contributed by atoms with E-state index in [1.807, 2.05) is 4.90 Å². The van der Waals surface area contributed by atoms with Gasteiger partial charge >= 0.3 is 6.09 Å². The zero-order valence-electron chi connectivity index (χ0n) is 13.5. The van der Waals surface area contributed by atoms with Gasteiger partial charge in [0.25, 0.3) is 0 Å². The molecule has 3 fully saturated rings. The molecule has 3 aliphatic rings. The Hall–Kier alpha value is -0.770.